The minimum absolute atomic E-state index is 0.0951. The van der Waals surface area contributed by atoms with Crippen molar-refractivity contribution in [3.63, 3.8) is 0 Å². The first-order valence-corrected chi connectivity index (χ1v) is 8.92. The van der Waals surface area contributed by atoms with Crippen LogP contribution >= 0.6 is 0 Å². The average molecular weight is 373 g/mol. The van der Waals surface area contributed by atoms with Crippen LogP contribution in [0.5, 0.6) is 11.5 Å². The number of para-hydroxylation sites is 1. The smallest absolute Gasteiger partial charge is 0.291 e. The van der Waals surface area contributed by atoms with Crippen LogP contribution in [0.3, 0.4) is 0 Å². The van der Waals surface area contributed by atoms with Gasteiger partial charge in [0.15, 0.2) is 0 Å². The molecule has 0 saturated carbocycles. The molecule has 1 atom stereocenters. The van der Waals surface area contributed by atoms with Gasteiger partial charge in [0.25, 0.3) is 11.7 Å². The molecule has 0 bridgehead atoms. The fourth-order valence-corrected chi connectivity index (χ4v) is 2.80. The van der Waals surface area contributed by atoms with Crippen LogP contribution in [-0.2, 0) is 0 Å². The van der Waals surface area contributed by atoms with Crippen LogP contribution in [0.4, 0.5) is 0 Å². The molecule has 1 N–H and O–H groups in total. The van der Waals surface area contributed by atoms with E-state index in [1.165, 1.54) is 0 Å². The number of rotatable bonds is 5. The Morgan fingerprint density at radius 1 is 1.04 bits per heavy atom. The van der Waals surface area contributed by atoms with E-state index in [2.05, 4.69) is 20.4 Å². The molecule has 4 rings (SSSR count). The lowest BCUT2D eigenvalue weighted by Crippen LogP contribution is -2.27. The van der Waals surface area contributed by atoms with Crippen molar-refractivity contribution < 1.29 is 9.53 Å². The highest BCUT2D eigenvalue weighted by Crippen LogP contribution is 2.23. The van der Waals surface area contributed by atoms with Gasteiger partial charge in [0.2, 0.25) is 5.82 Å². The fourth-order valence-electron chi connectivity index (χ4n) is 2.80. The van der Waals surface area contributed by atoms with Crippen molar-refractivity contribution in [2.75, 3.05) is 0 Å². The molecule has 140 valence electrons. The lowest BCUT2D eigenvalue weighted by Gasteiger charge is -2.14. The van der Waals surface area contributed by atoms with Crippen molar-refractivity contribution in [2.24, 2.45) is 0 Å². The third-order valence-electron chi connectivity index (χ3n) is 4.34. The molecule has 28 heavy (non-hydrogen) atoms. The highest BCUT2D eigenvalue weighted by Gasteiger charge is 2.17. The van der Waals surface area contributed by atoms with Gasteiger partial charge in [-0.2, -0.15) is 4.98 Å². The number of nitrogens with one attached hydrogen (secondary N) is 1. The quantitative estimate of drug-likeness (QED) is 0.577. The van der Waals surface area contributed by atoms with Crippen molar-refractivity contribution in [2.45, 2.75) is 19.9 Å². The molecule has 0 aliphatic rings. The van der Waals surface area contributed by atoms with E-state index < -0.39 is 0 Å². The molecule has 4 aromatic rings. The average Bonchev–Trinajstić information content (AvgIpc) is 3.15. The van der Waals surface area contributed by atoms with E-state index in [0.717, 1.165) is 22.8 Å². The van der Waals surface area contributed by atoms with Gasteiger partial charge in [-0.3, -0.25) is 4.79 Å². The van der Waals surface area contributed by atoms with Crippen LogP contribution in [-0.4, -0.2) is 25.5 Å². The van der Waals surface area contributed by atoms with E-state index in [-0.39, 0.29) is 17.8 Å². The fraction of sp³-hybridized carbons (Fsp3) is 0.143. The molecule has 7 nitrogen and oxygen atoms in total. The van der Waals surface area contributed by atoms with Gasteiger partial charge in [-0.05, 0) is 49.7 Å². The van der Waals surface area contributed by atoms with Gasteiger partial charge < -0.3 is 10.1 Å². The number of amides is 1. The Hall–Kier alpha value is -3.74. The number of nitrogens with zero attached hydrogens (tertiary/aromatic N) is 4. The summed E-state index contributed by atoms with van der Waals surface area (Å²) in [7, 11) is 0. The maximum absolute atomic E-state index is 12.5. The molecule has 0 fully saturated rings. The number of fused-ring (bicyclic) bond motifs is 1. The SMILES string of the molecule is Cc1ccnc2nc(C(=O)NC(C)c3ccc(Oc4ccccc4)cc3)nn12. The van der Waals surface area contributed by atoms with Crippen molar-refractivity contribution in [1.29, 1.82) is 0 Å². The molecule has 0 saturated heterocycles. The number of ether oxygens (including phenoxy) is 1. The molecular weight excluding hydrogens is 354 g/mol. The van der Waals surface area contributed by atoms with Gasteiger partial charge in [0.1, 0.15) is 11.5 Å². The van der Waals surface area contributed by atoms with E-state index >= 15 is 0 Å². The van der Waals surface area contributed by atoms with Gasteiger partial charge in [-0.15, -0.1) is 5.10 Å². The molecular formula is C21H19N5O2. The van der Waals surface area contributed by atoms with Crippen molar-refractivity contribution >= 4 is 11.7 Å². The summed E-state index contributed by atoms with van der Waals surface area (Å²) in [6.07, 6.45) is 1.64. The van der Waals surface area contributed by atoms with Gasteiger partial charge in [0.05, 0.1) is 6.04 Å². The zero-order valence-electron chi connectivity index (χ0n) is 15.5. The number of benzene rings is 2. The van der Waals surface area contributed by atoms with Crippen LogP contribution < -0.4 is 10.1 Å². The zero-order chi connectivity index (χ0) is 19.5. The van der Waals surface area contributed by atoms with Crippen LogP contribution in [0.1, 0.15) is 34.8 Å². The monoisotopic (exact) mass is 373 g/mol. The Morgan fingerprint density at radius 2 is 1.75 bits per heavy atom. The van der Waals surface area contributed by atoms with Gasteiger partial charge >= 0.3 is 0 Å². The maximum Gasteiger partial charge on any atom is 0.291 e. The van der Waals surface area contributed by atoms with Crippen molar-refractivity contribution in [3.05, 3.63) is 83.9 Å². The first-order chi connectivity index (χ1) is 13.6. The third-order valence-corrected chi connectivity index (χ3v) is 4.34. The summed E-state index contributed by atoms with van der Waals surface area (Å²) in [5.41, 5.74) is 1.81. The van der Waals surface area contributed by atoms with Crippen LogP contribution in [0.2, 0.25) is 0 Å². The molecule has 1 amide bonds. The first-order valence-electron chi connectivity index (χ1n) is 8.92. The summed E-state index contributed by atoms with van der Waals surface area (Å²) in [6.45, 7) is 3.79. The molecule has 1 unspecified atom stereocenters. The van der Waals surface area contributed by atoms with Crippen molar-refractivity contribution in [1.82, 2.24) is 24.9 Å². The molecule has 2 aromatic carbocycles. The second-order valence-electron chi connectivity index (χ2n) is 6.41. The highest BCUT2D eigenvalue weighted by atomic mass is 16.5. The summed E-state index contributed by atoms with van der Waals surface area (Å²) < 4.78 is 7.34. The second kappa shape index (κ2) is 7.48. The molecule has 0 radical (unpaired) electrons. The summed E-state index contributed by atoms with van der Waals surface area (Å²) in [5, 5.41) is 7.15. The Balaban J connectivity index is 1.44. The Morgan fingerprint density at radius 3 is 2.46 bits per heavy atom. The molecule has 7 heteroatoms. The first kappa shape index (κ1) is 17.7. The summed E-state index contributed by atoms with van der Waals surface area (Å²) in [5.74, 6) is 1.66. The standard InChI is InChI=1S/C21H19N5O2/c1-14-12-13-22-21-24-19(25-26(14)21)20(27)23-15(2)16-8-10-18(11-9-16)28-17-6-4-3-5-7-17/h3-13,15H,1-2H3,(H,23,27). The lowest BCUT2D eigenvalue weighted by molar-refractivity contribution is 0.0929. The second-order valence-corrected chi connectivity index (χ2v) is 6.41. The predicted molar refractivity (Wildman–Crippen MR) is 104 cm³/mol. The molecule has 0 spiro atoms. The zero-order valence-corrected chi connectivity index (χ0v) is 15.5. The minimum atomic E-state index is -0.345. The van der Waals surface area contributed by atoms with Crippen molar-refractivity contribution in [3.8, 4) is 11.5 Å². The molecule has 0 aliphatic carbocycles. The molecule has 0 aliphatic heterocycles. The number of aromatic nitrogens is 4. The summed E-state index contributed by atoms with van der Waals surface area (Å²) in [4.78, 5) is 20.8. The van der Waals surface area contributed by atoms with Crippen LogP contribution in [0, 0.1) is 6.92 Å². The largest absolute Gasteiger partial charge is 0.457 e. The topological polar surface area (TPSA) is 81.4 Å². The maximum atomic E-state index is 12.5. The van der Waals surface area contributed by atoms with Gasteiger partial charge in [-0.1, -0.05) is 30.3 Å². The number of hydrogen-bond donors (Lipinski definition) is 1. The third kappa shape index (κ3) is 3.68. The number of carbonyl (C=O) groups is 1. The van der Waals surface area contributed by atoms with E-state index in [9.17, 15) is 4.79 Å². The van der Waals surface area contributed by atoms with E-state index in [0.29, 0.717) is 5.78 Å². The van der Waals surface area contributed by atoms with Crippen LogP contribution in [0.15, 0.2) is 66.9 Å². The molecule has 2 aromatic heterocycles. The molecule has 2 heterocycles. The number of carbonyl (C=O) groups excluding carboxylic acids is 1. The Bertz CT molecular complexity index is 1110. The normalized spacial score (nSPS) is 11.9. The number of hydrogen-bond acceptors (Lipinski definition) is 5. The summed E-state index contributed by atoms with van der Waals surface area (Å²) in [6, 6.07) is 18.8. The lowest BCUT2D eigenvalue weighted by atomic mass is 10.1. The summed E-state index contributed by atoms with van der Waals surface area (Å²) >= 11 is 0. The predicted octanol–water partition coefficient (Wildman–Crippen LogP) is 3.72. The van der Waals surface area contributed by atoms with Gasteiger partial charge in [-0.25, -0.2) is 9.50 Å². The van der Waals surface area contributed by atoms with E-state index in [4.69, 9.17) is 4.74 Å². The number of aryl methyl sites for hydroxylation is 1. The highest BCUT2D eigenvalue weighted by molar-refractivity contribution is 5.91. The van der Waals surface area contributed by atoms with E-state index in [1.807, 2.05) is 74.5 Å². The minimum Gasteiger partial charge on any atom is -0.457 e. The Kier molecular flexibility index (Phi) is 4.72. The van der Waals surface area contributed by atoms with Crippen LogP contribution in [0.25, 0.3) is 5.78 Å². The van der Waals surface area contributed by atoms with Gasteiger partial charge in [0, 0.05) is 11.9 Å². The Labute approximate surface area is 162 Å². The van der Waals surface area contributed by atoms with E-state index in [1.54, 1.807) is 10.7 Å².